The Balaban J connectivity index is 1.49. The fourth-order valence-electron chi connectivity index (χ4n) is 4.11. The molecule has 1 fully saturated rings. The van der Waals surface area contributed by atoms with Crippen molar-refractivity contribution in [3.05, 3.63) is 59.7 Å². The number of nitrogens with one attached hydrogen (secondary N) is 1. The van der Waals surface area contributed by atoms with E-state index in [-0.39, 0.29) is 22.8 Å². The largest absolute Gasteiger partial charge is 0.312 e. The Kier molecular flexibility index (Phi) is 5.74. The third kappa shape index (κ3) is 4.23. The van der Waals surface area contributed by atoms with Crippen molar-refractivity contribution < 1.29 is 13.2 Å². The van der Waals surface area contributed by atoms with E-state index in [2.05, 4.69) is 4.72 Å². The van der Waals surface area contributed by atoms with E-state index < -0.39 is 10.0 Å². The van der Waals surface area contributed by atoms with Gasteiger partial charge in [0.05, 0.1) is 4.90 Å². The summed E-state index contributed by atoms with van der Waals surface area (Å²) in [5.74, 6) is 0.340. The molecule has 0 radical (unpaired) electrons. The van der Waals surface area contributed by atoms with Crippen molar-refractivity contribution in [1.82, 2.24) is 4.72 Å². The molecule has 2 aromatic rings. The van der Waals surface area contributed by atoms with Crippen molar-refractivity contribution in [1.29, 1.82) is 0 Å². The van der Waals surface area contributed by atoms with Gasteiger partial charge in [-0.2, -0.15) is 0 Å². The maximum atomic E-state index is 13.0. The predicted octanol–water partition coefficient (Wildman–Crippen LogP) is 3.68. The molecule has 1 unspecified atom stereocenters. The van der Waals surface area contributed by atoms with Crippen LogP contribution in [-0.2, 0) is 27.7 Å². The Morgan fingerprint density at radius 3 is 2.59 bits per heavy atom. The molecule has 0 bridgehead atoms. The number of hydrogen-bond donors (Lipinski definition) is 1. The van der Waals surface area contributed by atoms with Crippen LogP contribution in [0.2, 0.25) is 0 Å². The highest BCUT2D eigenvalue weighted by molar-refractivity contribution is 7.89. The second-order valence-corrected chi connectivity index (χ2v) is 9.79. The van der Waals surface area contributed by atoms with Gasteiger partial charge >= 0.3 is 0 Å². The quantitative estimate of drug-likeness (QED) is 0.754. The molecule has 5 nitrogen and oxygen atoms in total. The smallest absolute Gasteiger partial charge is 0.240 e. The number of fused-ring (bicyclic) bond motifs is 1. The van der Waals surface area contributed by atoms with E-state index in [1.165, 1.54) is 0 Å². The highest BCUT2D eigenvalue weighted by Gasteiger charge is 2.34. The molecule has 1 saturated carbocycles. The molecule has 1 aliphatic carbocycles. The zero-order chi connectivity index (χ0) is 20.4. The lowest BCUT2D eigenvalue weighted by Crippen LogP contribution is -2.37. The number of amides is 1. The molecule has 29 heavy (non-hydrogen) atoms. The minimum atomic E-state index is -3.61. The number of rotatable bonds is 7. The highest BCUT2D eigenvalue weighted by atomic mass is 32.2. The van der Waals surface area contributed by atoms with E-state index in [0.29, 0.717) is 25.8 Å². The van der Waals surface area contributed by atoms with E-state index >= 15 is 0 Å². The molecule has 1 heterocycles. The Hall–Kier alpha value is -2.18. The fourth-order valence-corrected chi connectivity index (χ4v) is 5.47. The summed E-state index contributed by atoms with van der Waals surface area (Å²) < 4.78 is 28.8. The molecule has 0 aromatic heterocycles. The van der Waals surface area contributed by atoms with E-state index in [1.807, 2.05) is 42.2 Å². The Morgan fingerprint density at radius 2 is 1.93 bits per heavy atom. The topological polar surface area (TPSA) is 66.5 Å². The summed E-state index contributed by atoms with van der Waals surface area (Å²) in [6.07, 6.45) is 5.15. The predicted molar refractivity (Wildman–Crippen MR) is 114 cm³/mol. The molecular formula is C23H28N2O3S. The van der Waals surface area contributed by atoms with Crippen molar-refractivity contribution in [3.8, 4) is 0 Å². The zero-order valence-electron chi connectivity index (χ0n) is 16.8. The minimum Gasteiger partial charge on any atom is -0.312 e. The van der Waals surface area contributed by atoms with Crippen LogP contribution in [0.3, 0.4) is 0 Å². The Labute approximate surface area is 173 Å². The number of benzene rings is 2. The van der Waals surface area contributed by atoms with Gasteiger partial charge in [0.25, 0.3) is 0 Å². The average Bonchev–Trinajstić information content (AvgIpc) is 3.10. The first-order valence-electron chi connectivity index (χ1n) is 10.5. The molecule has 4 rings (SSSR count). The molecule has 6 heteroatoms. The Morgan fingerprint density at radius 1 is 1.17 bits per heavy atom. The maximum absolute atomic E-state index is 13.0. The van der Waals surface area contributed by atoms with Gasteiger partial charge in [-0.3, -0.25) is 4.79 Å². The van der Waals surface area contributed by atoms with Gasteiger partial charge in [-0.15, -0.1) is 0 Å². The molecule has 2 aromatic carbocycles. The average molecular weight is 413 g/mol. The fraction of sp³-hybridized carbons (Fsp3) is 0.435. The number of nitrogens with zero attached hydrogens (tertiary/aromatic N) is 1. The first-order chi connectivity index (χ1) is 14.0. The van der Waals surface area contributed by atoms with E-state index in [1.54, 1.807) is 18.2 Å². The summed E-state index contributed by atoms with van der Waals surface area (Å²) in [7, 11) is -3.61. The van der Waals surface area contributed by atoms with Crippen LogP contribution in [-0.4, -0.2) is 26.9 Å². The lowest BCUT2D eigenvalue weighted by molar-refractivity contribution is -0.124. The highest BCUT2D eigenvalue weighted by Crippen LogP contribution is 2.35. The van der Waals surface area contributed by atoms with Gasteiger partial charge in [0.15, 0.2) is 0 Å². The van der Waals surface area contributed by atoms with Gasteiger partial charge in [0, 0.05) is 24.2 Å². The van der Waals surface area contributed by atoms with E-state index in [0.717, 1.165) is 36.1 Å². The van der Waals surface area contributed by atoms with Crippen molar-refractivity contribution >= 4 is 21.6 Å². The van der Waals surface area contributed by atoms with E-state index in [9.17, 15) is 13.2 Å². The SMILES string of the molecule is CCC(Cc1ccccc1)NS(=O)(=O)c1ccc2c(c1)CCN2C(=O)C1CCC1. The van der Waals surface area contributed by atoms with Crippen molar-refractivity contribution in [2.75, 3.05) is 11.4 Å². The second-order valence-electron chi connectivity index (χ2n) is 8.07. The van der Waals surface area contributed by atoms with Crippen LogP contribution in [0.15, 0.2) is 53.4 Å². The second kappa shape index (κ2) is 8.28. The van der Waals surface area contributed by atoms with Gasteiger partial charge in [0.1, 0.15) is 0 Å². The van der Waals surface area contributed by atoms with Gasteiger partial charge in [-0.1, -0.05) is 43.7 Å². The van der Waals surface area contributed by atoms with Gasteiger partial charge in [-0.05, 0) is 61.4 Å². The van der Waals surface area contributed by atoms with Crippen LogP contribution >= 0.6 is 0 Å². The van der Waals surface area contributed by atoms with Gasteiger partial charge < -0.3 is 4.90 Å². The van der Waals surface area contributed by atoms with Crippen LogP contribution in [0, 0.1) is 5.92 Å². The summed E-state index contributed by atoms with van der Waals surface area (Å²) in [5, 5.41) is 0. The lowest BCUT2D eigenvalue weighted by Gasteiger charge is -2.29. The third-order valence-corrected chi connectivity index (χ3v) is 7.63. The Bertz CT molecular complexity index is 984. The third-order valence-electron chi connectivity index (χ3n) is 6.12. The molecule has 0 saturated heterocycles. The van der Waals surface area contributed by atoms with E-state index in [4.69, 9.17) is 0 Å². The van der Waals surface area contributed by atoms with Crippen LogP contribution in [0.4, 0.5) is 5.69 Å². The summed E-state index contributed by atoms with van der Waals surface area (Å²) >= 11 is 0. The zero-order valence-corrected chi connectivity index (χ0v) is 17.6. The summed E-state index contributed by atoms with van der Waals surface area (Å²) in [4.78, 5) is 14.7. The van der Waals surface area contributed by atoms with Crippen LogP contribution in [0.1, 0.15) is 43.7 Å². The first-order valence-corrected chi connectivity index (χ1v) is 12.0. The number of sulfonamides is 1. The summed E-state index contributed by atoms with van der Waals surface area (Å²) in [6.45, 7) is 2.63. The van der Waals surface area contributed by atoms with Gasteiger partial charge in [-0.25, -0.2) is 13.1 Å². The normalized spacial score (nSPS) is 17.6. The lowest BCUT2D eigenvalue weighted by atomic mass is 9.84. The monoisotopic (exact) mass is 412 g/mol. The van der Waals surface area contributed by atoms with Crippen molar-refractivity contribution in [2.45, 2.75) is 56.4 Å². The minimum absolute atomic E-state index is 0.148. The molecule has 1 amide bonds. The van der Waals surface area contributed by atoms with Crippen LogP contribution < -0.4 is 9.62 Å². The number of anilines is 1. The number of hydrogen-bond acceptors (Lipinski definition) is 3. The van der Waals surface area contributed by atoms with Crippen molar-refractivity contribution in [2.24, 2.45) is 5.92 Å². The summed E-state index contributed by atoms with van der Waals surface area (Å²) in [6, 6.07) is 14.9. The van der Waals surface area contributed by atoms with Crippen LogP contribution in [0.5, 0.6) is 0 Å². The molecule has 154 valence electrons. The molecular weight excluding hydrogens is 384 g/mol. The standard InChI is InChI=1S/C23H28N2O3S/c1-2-20(15-17-7-4-3-5-8-17)24-29(27,28)21-11-12-22-19(16-21)13-14-25(22)23(26)18-9-6-10-18/h3-5,7-8,11-12,16,18,20,24H,2,6,9-10,13-15H2,1H3. The molecule has 1 N–H and O–H groups in total. The molecule has 0 spiro atoms. The maximum Gasteiger partial charge on any atom is 0.240 e. The van der Waals surface area contributed by atoms with Crippen molar-refractivity contribution in [3.63, 3.8) is 0 Å². The number of carbonyl (C=O) groups is 1. The first kappa shape index (κ1) is 20.1. The molecule has 2 aliphatic rings. The van der Waals surface area contributed by atoms with Gasteiger partial charge in [0.2, 0.25) is 15.9 Å². The molecule has 1 aliphatic heterocycles. The summed E-state index contributed by atoms with van der Waals surface area (Å²) in [5.41, 5.74) is 2.93. The molecule has 1 atom stereocenters. The van der Waals surface area contributed by atoms with Crippen LogP contribution in [0.25, 0.3) is 0 Å². The number of carbonyl (C=O) groups excluding carboxylic acids is 1.